The Morgan fingerprint density at radius 3 is 2.44 bits per heavy atom. The van der Waals surface area contributed by atoms with Gasteiger partial charge in [-0.1, -0.05) is 30.3 Å². The van der Waals surface area contributed by atoms with Gasteiger partial charge in [0.2, 0.25) is 5.91 Å². The first-order valence-corrected chi connectivity index (χ1v) is 9.71. The molecular formula is C20H25N3OS. The van der Waals surface area contributed by atoms with E-state index in [0.717, 1.165) is 43.3 Å². The molecule has 1 aliphatic rings. The van der Waals surface area contributed by atoms with Crippen LogP contribution < -0.4 is 10.2 Å². The van der Waals surface area contributed by atoms with Crippen LogP contribution in [-0.4, -0.2) is 49.8 Å². The molecule has 2 aromatic rings. The largest absolute Gasteiger partial charge is 0.367 e. The van der Waals surface area contributed by atoms with Gasteiger partial charge in [-0.15, -0.1) is 11.8 Å². The van der Waals surface area contributed by atoms with Gasteiger partial charge in [0.15, 0.2) is 0 Å². The van der Waals surface area contributed by atoms with E-state index in [-0.39, 0.29) is 5.91 Å². The Morgan fingerprint density at radius 1 is 1.00 bits per heavy atom. The number of hydrogen-bond donors (Lipinski definition) is 1. The van der Waals surface area contributed by atoms with Crippen LogP contribution in [0.2, 0.25) is 0 Å². The van der Waals surface area contributed by atoms with Gasteiger partial charge >= 0.3 is 0 Å². The summed E-state index contributed by atoms with van der Waals surface area (Å²) in [5.41, 5.74) is 2.04. The van der Waals surface area contributed by atoms with Crippen LogP contribution in [0.1, 0.15) is 6.42 Å². The van der Waals surface area contributed by atoms with Gasteiger partial charge in [0.1, 0.15) is 0 Å². The van der Waals surface area contributed by atoms with Crippen LogP contribution in [0.15, 0.2) is 59.5 Å². The summed E-state index contributed by atoms with van der Waals surface area (Å²) < 4.78 is 0. The van der Waals surface area contributed by atoms with Crippen LogP contribution in [-0.2, 0) is 4.79 Å². The molecule has 0 saturated carbocycles. The van der Waals surface area contributed by atoms with Gasteiger partial charge in [0, 0.05) is 43.2 Å². The van der Waals surface area contributed by atoms with Gasteiger partial charge in [-0.05, 0) is 31.3 Å². The number of piperazine rings is 1. The number of amides is 1. The van der Waals surface area contributed by atoms with Crippen LogP contribution in [0.5, 0.6) is 0 Å². The number of para-hydroxylation sites is 2. The fraction of sp³-hybridized carbons (Fsp3) is 0.350. The Hall–Kier alpha value is -1.98. The molecule has 3 rings (SSSR count). The summed E-state index contributed by atoms with van der Waals surface area (Å²) in [6, 6.07) is 18.3. The Morgan fingerprint density at radius 2 is 1.68 bits per heavy atom. The molecule has 1 heterocycles. The zero-order valence-corrected chi connectivity index (χ0v) is 15.5. The summed E-state index contributed by atoms with van der Waals surface area (Å²) in [5.74, 6) is 0.858. The maximum absolute atomic E-state index is 12.3. The van der Waals surface area contributed by atoms with E-state index in [1.807, 2.05) is 36.4 Å². The van der Waals surface area contributed by atoms with Crippen molar-refractivity contribution in [1.82, 2.24) is 4.90 Å². The topological polar surface area (TPSA) is 35.6 Å². The first-order valence-electron chi connectivity index (χ1n) is 8.72. The molecule has 0 spiro atoms. The molecule has 0 atom stereocenters. The van der Waals surface area contributed by atoms with Crippen molar-refractivity contribution in [2.24, 2.45) is 0 Å². The molecular weight excluding hydrogens is 330 g/mol. The van der Waals surface area contributed by atoms with E-state index in [1.165, 1.54) is 4.90 Å². The molecule has 0 unspecified atom stereocenters. The number of benzene rings is 2. The van der Waals surface area contributed by atoms with E-state index in [0.29, 0.717) is 6.42 Å². The Bertz CT molecular complexity index is 684. The minimum Gasteiger partial charge on any atom is -0.367 e. The Labute approximate surface area is 154 Å². The normalized spacial score (nSPS) is 15.2. The van der Waals surface area contributed by atoms with Gasteiger partial charge in [0.25, 0.3) is 0 Å². The van der Waals surface area contributed by atoms with E-state index in [2.05, 4.69) is 40.4 Å². The van der Waals surface area contributed by atoms with Gasteiger partial charge < -0.3 is 15.1 Å². The zero-order valence-electron chi connectivity index (χ0n) is 14.6. The molecule has 1 fully saturated rings. The van der Waals surface area contributed by atoms with Crippen molar-refractivity contribution in [3.8, 4) is 0 Å². The minimum absolute atomic E-state index is 0.0741. The molecule has 1 saturated heterocycles. The molecule has 0 aliphatic carbocycles. The molecule has 2 aromatic carbocycles. The standard InChI is InChI=1S/C20H25N3OS/c1-22-12-14-23(15-13-22)19-10-6-5-9-18(19)21-20(24)11-16-25-17-7-3-2-4-8-17/h2-10H,11-16H2,1H3,(H,21,24). The highest BCUT2D eigenvalue weighted by molar-refractivity contribution is 7.99. The molecule has 132 valence electrons. The predicted molar refractivity (Wildman–Crippen MR) is 107 cm³/mol. The maximum Gasteiger partial charge on any atom is 0.225 e. The van der Waals surface area contributed by atoms with Gasteiger partial charge in [-0.3, -0.25) is 4.79 Å². The number of carbonyl (C=O) groups excluding carboxylic acids is 1. The third-order valence-corrected chi connectivity index (χ3v) is 5.38. The number of likely N-dealkylation sites (N-methyl/N-ethyl adjacent to an activating group) is 1. The fourth-order valence-corrected chi connectivity index (χ4v) is 3.77. The third-order valence-electron chi connectivity index (χ3n) is 4.36. The SMILES string of the molecule is CN1CCN(c2ccccc2NC(=O)CCSc2ccccc2)CC1. The van der Waals surface area contributed by atoms with Crippen molar-refractivity contribution in [2.45, 2.75) is 11.3 Å². The Balaban J connectivity index is 1.54. The summed E-state index contributed by atoms with van der Waals surface area (Å²) in [4.78, 5) is 18.2. The van der Waals surface area contributed by atoms with Crippen LogP contribution in [0.4, 0.5) is 11.4 Å². The van der Waals surface area contributed by atoms with Gasteiger partial charge in [0.05, 0.1) is 11.4 Å². The van der Waals surface area contributed by atoms with E-state index in [4.69, 9.17) is 0 Å². The summed E-state index contributed by atoms with van der Waals surface area (Å²) in [6.07, 6.45) is 0.511. The summed E-state index contributed by atoms with van der Waals surface area (Å²) >= 11 is 1.72. The number of thioether (sulfide) groups is 1. The molecule has 0 radical (unpaired) electrons. The quantitative estimate of drug-likeness (QED) is 0.804. The van der Waals surface area contributed by atoms with Gasteiger partial charge in [-0.2, -0.15) is 0 Å². The van der Waals surface area contributed by atoms with E-state index in [1.54, 1.807) is 11.8 Å². The van der Waals surface area contributed by atoms with Crippen LogP contribution in [0.25, 0.3) is 0 Å². The van der Waals surface area contributed by atoms with E-state index in [9.17, 15) is 4.79 Å². The molecule has 0 bridgehead atoms. The highest BCUT2D eigenvalue weighted by Crippen LogP contribution is 2.27. The average molecular weight is 356 g/mol. The van der Waals surface area contributed by atoms with Crippen molar-refractivity contribution < 1.29 is 4.79 Å². The second-order valence-electron chi connectivity index (χ2n) is 6.27. The monoisotopic (exact) mass is 355 g/mol. The van der Waals surface area contributed by atoms with E-state index < -0.39 is 0 Å². The summed E-state index contributed by atoms with van der Waals surface area (Å²) in [6.45, 7) is 4.09. The lowest BCUT2D eigenvalue weighted by Gasteiger charge is -2.35. The first-order chi connectivity index (χ1) is 12.2. The van der Waals surface area contributed by atoms with Crippen LogP contribution in [0.3, 0.4) is 0 Å². The second kappa shape index (κ2) is 8.92. The van der Waals surface area contributed by atoms with Crippen molar-refractivity contribution in [1.29, 1.82) is 0 Å². The third kappa shape index (κ3) is 5.25. The lowest BCUT2D eigenvalue weighted by atomic mass is 10.2. The number of nitrogens with one attached hydrogen (secondary N) is 1. The van der Waals surface area contributed by atoms with Crippen LogP contribution >= 0.6 is 11.8 Å². The van der Waals surface area contributed by atoms with Crippen molar-refractivity contribution >= 4 is 29.0 Å². The lowest BCUT2D eigenvalue weighted by Crippen LogP contribution is -2.44. The number of nitrogens with zero attached hydrogens (tertiary/aromatic N) is 2. The average Bonchev–Trinajstić information content (AvgIpc) is 2.64. The number of carbonyl (C=O) groups is 1. The maximum atomic E-state index is 12.3. The second-order valence-corrected chi connectivity index (χ2v) is 7.44. The van der Waals surface area contributed by atoms with Crippen LogP contribution in [0, 0.1) is 0 Å². The minimum atomic E-state index is 0.0741. The van der Waals surface area contributed by atoms with Gasteiger partial charge in [-0.25, -0.2) is 0 Å². The number of hydrogen-bond acceptors (Lipinski definition) is 4. The fourth-order valence-electron chi connectivity index (χ4n) is 2.89. The van der Waals surface area contributed by atoms with E-state index >= 15 is 0 Å². The first kappa shape index (κ1) is 17.8. The molecule has 0 aromatic heterocycles. The highest BCUT2D eigenvalue weighted by atomic mass is 32.2. The number of rotatable bonds is 6. The molecule has 4 nitrogen and oxygen atoms in total. The molecule has 1 aliphatic heterocycles. The summed E-state index contributed by atoms with van der Waals surface area (Å²) in [7, 11) is 2.15. The lowest BCUT2D eigenvalue weighted by molar-refractivity contribution is -0.115. The summed E-state index contributed by atoms with van der Waals surface area (Å²) in [5, 5.41) is 3.10. The van der Waals surface area contributed by atoms with Crippen molar-refractivity contribution in [3.63, 3.8) is 0 Å². The molecule has 1 amide bonds. The number of anilines is 2. The van der Waals surface area contributed by atoms with Crippen molar-refractivity contribution in [2.75, 3.05) is 49.2 Å². The highest BCUT2D eigenvalue weighted by Gasteiger charge is 2.17. The molecule has 1 N–H and O–H groups in total. The van der Waals surface area contributed by atoms with Crippen molar-refractivity contribution in [3.05, 3.63) is 54.6 Å². The zero-order chi connectivity index (χ0) is 17.5. The molecule has 25 heavy (non-hydrogen) atoms. The molecule has 5 heteroatoms. The Kier molecular flexibility index (Phi) is 6.36. The predicted octanol–water partition coefficient (Wildman–Crippen LogP) is 3.56. The smallest absolute Gasteiger partial charge is 0.225 e.